The highest BCUT2D eigenvalue weighted by Crippen LogP contribution is 2.06. The van der Waals surface area contributed by atoms with Gasteiger partial charge in [0, 0.05) is 6.20 Å². The summed E-state index contributed by atoms with van der Waals surface area (Å²) in [6.07, 6.45) is 0.744. The molecule has 0 atom stereocenters. The van der Waals surface area contributed by atoms with Crippen LogP contribution in [0.25, 0.3) is 0 Å². The van der Waals surface area contributed by atoms with Crippen molar-refractivity contribution in [3.8, 4) is 0 Å². The summed E-state index contributed by atoms with van der Waals surface area (Å²) < 4.78 is 4.89. The van der Waals surface area contributed by atoms with Gasteiger partial charge in [0.05, 0.1) is 6.10 Å². The molecule has 0 unspecified atom stereocenters. The lowest BCUT2D eigenvalue weighted by atomic mass is 10.4. The van der Waals surface area contributed by atoms with Crippen LogP contribution < -0.4 is 10.9 Å². The Morgan fingerprint density at radius 3 is 2.79 bits per heavy atom. The number of rotatable bonds is 2. The van der Waals surface area contributed by atoms with E-state index >= 15 is 0 Å². The van der Waals surface area contributed by atoms with E-state index < -0.39 is 6.09 Å². The highest BCUT2D eigenvalue weighted by Gasteiger charge is 2.14. The first-order valence-electron chi connectivity index (χ1n) is 4.27. The number of hydrogen-bond acceptors (Lipinski definition) is 4. The maximum absolute atomic E-state index is 11.3. The Bertz CT molecular complexity index is 300. The van der Waals surface area contributed by atoms with Crippen molar-refractivity contribution in [3.05, 3.63) is 24.4 Å². The Morgan fingerprint density at radius 1 is 1.57 bits per heavy atom. The highest BCUT2D eigenvalue weighted by atomic mass is 16.6. The Kier molecular flexibility index (Phi) is 3.41. The van der Waals surface area contributed by atoms with Crippen molar-refractivity contribution in [2.24, 2.45) is 5.84 Å². The summed E-state index contributed by atoms with van der Waals surface area (Å²) in [5, 5.41) is 0.875. The fourth-order valence-corrected chi connectivity index (χ4v) is 0.848. The van der Waals surface area contributed by atoms with Gasteiger partial charge in [0.1, 0.15) is 0 Å². The predicted octanol–water partition coefficient (Wildman–Crippen LogP) is 1.31. The van der Waals surface area contributed by atoms with Crippen LogP contribution in [-0.2, 0) is 4.74 Å². The maximum atomic E-state index is 11.3. The molecule has 5 heteroatoms. The average molecular weight is 195 g/mol. The van der Waals surface area contributed by atoms with Crippen LogP contribution >= 0.6 is 0 Å². The molecule has 1 amide bonds. The molecule has 2 N–H and O–H groups in total. The number of aromatic nitrogens is 1. The largest absolute Gasteiger partial charge is 0.445 e. The summed E-state index contributed by atoms with van der Waals surface area (Å²) in [7, 11) is 0. The van der Waals surface area contributed by atoms with Gasteiger partial charge in [0.2, 0.25) is 0 Å². The molecular weight excluding hydrogens is 182 g/mol. The molecule has 0 spiro atoms. The molecule has 1 aromatic heterocycles. The Labute approximate surface area is 82.5 Å². The van der Waals surface area contributed by atoms with Crippen molar-refractivity contribution in [2.45, 2.75) is 20.0 Å². The van der Waals surface area contributed by atoms with Gasteiger partial charge in [0.25, 0.3) is 0 Å². The third-order valence-corrected chi connectivity index (χ3v) is 1.43. The Balaban J connectivity index is 2.66. The normalized spacial score (nSPS) is 10.0. The SMILES string of the molecule is CC(C)OC(=O)N(N)c1ccccn1. The molecule has 1 heterocycles. The van der Waals surface area contributed by atoms with Crippen molar-refractivity contribution in [2.75, 3.05) is 5.01 Å². The van der Waals surface area contributed by atoms with Crippen LogP contribution in [0.15, 0.2) is 24.4 Å². The fourth-order valence-electron chi connectivity index (χ4n) is 0.848. The van der Waals surface area contributed by atoms with Crippen molar-refractivity contribution in [3.63, 3.8) is 0 Å². The minimum Gasteiger partial charge on any atom is -0.445 e. The summed E-state index contributed by atoms with van der Waals surface area (Å²) in [5.74, 6) is 5.84. The van der Waals surface area contributed by atoms with E-state index in [1.165, 1.54) is 0 Å². The van der Waals surface area contributed by atoms with E-state index in [-0.39, 0.29) is 6.10 Å². The highest BCUT2D eigenvalue weighted by molar-refractivity contribution is 5.84. The maximum Gasteiger partial charge on any atom is 0.430 e. The van der Waals surface area contributed by atoms with Gasteiger partial charge in [-0.1, -0.05) is 6.07 Å². The molecule has 76 valence electrons. The molecule has 0 aliphatic rings. The number of nitrogens with zero attached hydrogens (tertiary/aromatic N) is 2. The smallest absolute Gasteiger partial charge is 0.430 e. The van der Waals surface area contributed by atoms with E-state index in [9.17, 15) is 4.79 Å². The lowest BCUT2D eigenvalue weighted by Crippen LogP contribution is -2.39. The van der Waals surface area contributed by atoms with Crippen LogP contribution in [0.5, 0.6) is 0 Å². The third kappa shape index (κ3) is 2.70. The first kappa shape index (κ1) is 10.5. The van der Waals surface area contributed by atoms with Gasteiger partial charge in [-0.25, -0.2) is 15.6 Å². The minimum absolute atomic E-state index is 0.197. The first-order valence-corrected chi connectivity index (χ1v) is 4.27. The lowest BCUT2D eigenvalue weighted by Gasteiger charge is -2.16. The topological polar surface area (TPSA) is 68.5 Å². The molecule has 0 aliphatic heterocycles. The summed E-state index contributed by atoms with van der Waals surface area (Å²) in [6, 6.07) is 5.11. The zero-order valence-electron chi connectivity index (χ0n) is 8.18. The number of pyridine rings is 1. The van der Waals surface area contributed by atoms with Crippen LogP contribution in [0.3, 0.4) is 0 Å². The van der Waals surface area contributed by atoms with Gasteiger partial charge < -0.3 is 4.74 Å². The number of hydrogen-bond donors (Lipinski definition) is 1. The van der Waals surface area contributed by atoms with Crippen LogP contribution in [0.4, 0.5) is 10.6 Å². The molecule has 0 aliphatic carbocycles. The summed E-state index contributed by atoms with van der Waals surface area (Å²) in [4.78, 5) is 15.2. The Morgan fingerprint density at radius 2 is 2.29 bits per heavy atom. The first-order chi connectivity index (χ1) is 6.61. The number of carbonyl (C=O) groups is 1. The average Bonchev–Trinajstić information content (AvgIpc) is 2.17. The number of ether oxygens (including phenoxy) is 1. The van der Waals surface area contributed by atoms with Crippen LogP contribution in [0.2, 0.25) is 0 Å². The van der Waals surface area contributed by atoms with Gasteiger partial charge in [-0.2, -0.15) is 5.01 Å². The molecule has 0 saturated heterocycles. The molecule has 5 nitrogen and oxygen atoms in total. The van der Waals surface area contributed by atoms with Crippen LogP contribution in [0, 0.1) is 0 Å². The van der Waals surface area contributed by atoms with Crippen molar-refractivity contribution in [1.82, 2.24) is 4.98 Å². The molecule has 0 radical (unpaired) electrons. The van der Waals surface area contributed by atoms with Crippen LogP contribution in [-0.4, -0.2) is 17.2 Å². The second-order valence-electron chi connectivity index (χ2n) is 2.99. The van der Waals surface area contributed by atoms with Crippen molar-refractivity contribution >= 4 is 11.9 Å². The zero-order valence-corrected chi connectivity index (χ0v) is 8.18. The predicted molar refractivity (Wildman–Crippen MR) is 52.5 cm³/mol. The number of nitrogens with two attached hydrogens (primary N) is 1. The monoisotopic (exact) mass is 195 g/mol. The Hall–Kier alpha value is -1.62. The van der Waals surface area contributed by atoms with Gasteiger partial charge >= 0.3 is 6.09 Å². The quantitative estimate of drug-likeness (QED) is 0.439. The van der Waals surface area contributed by atoms with Crippen molar-refractivity contribution < 1.29 is 9.53 Å². The third-order valence-electron chi connectivity index (χ3n) is 1.43. The standard InChI is InChI=1S/C9H13N3O2/c1-7(2)14-9(13)12(10)8-5-3-4-6-11-8/h3-7H,10H2,1-2H3. The summed E-state index contributed by atoms with van der Waals surface area (Å²) in [5.41, 5.74) is 0. The van der Waals surface area contributed by atoms with E-state index in [1.54, 1.807) is 38.2 Å². The number of hydrazine groups is 1. The van der Waals surface area contributed by atoms with E-state index in [0.29, 0.717) is 5.82 Å². The second kappa shape index (κ2) is 4.57. The molecule has 14 heavy (non-hydrogen) atoms. The summed E-state index contributed by atoms with van der Waals surface area (Å²) >= 11 is 0. The molecule has 1 rings (SSSR count). The fraction of sp³-hybridized carbons (Fsp3) is 0.333. The lowest BCUT2D eigenvalue weighted by molar-refractivity contribution is 0.122. The molecule has 0 fully saturated rings. The van der Waals surface area contributed by atoms with E-state index in [1.807, 2.05) is 0 Å². The molecule has 1 aromatic rings. The number of amides is 1. The van der Waals surface area contributed by atoms with Gasteiger partial charge in [-0.05, 0) is 26.0 Å². The second-order valence-corrected chi connectivity index (χ2v) is 2.99. The van der Waals surface area contributed by atoms with E-state index in [4.69, 9.17) is 10.6 Å². The number of anilines is 1. The van der Waals surface area contributed by atoms with Crippen LogP contribution in [0.1, 0.15) is 13.8 Å². The minimum atomic E-state index is -0.612. The van der Waals surface area contributed by atoms with E-state index in [2.05, 4.69) is 4.98 Å². The molecular formula is C9H13N3O2. The zero-order chi connectivity index (χ0) is 10.6. The number of carbonyl (C=O) groups excluding carboxylic acids is 1. The van der Waals surface area contributed by atoms with E-state index in [0.717, 1.165) is 5.01 Å². The summed E-state index contributed by atoms with van der Waals surface area (Å²) in [6.45, 7) is 3.51. The molecule has 0 aromatic carbocycles. The van der Waals surface area contributed by atoms with Gasteiger partial charge in [-0.15, -0.1) is 0 Å². The molecule has 0 saturated carbocycles. The van der Waals surface area contributed by atoms with Gasteiger partial charge in [-0.3, -0.25) is 0 Å². The van der Waals surface area contributed by atoms with Gasteiger partial charge in [0.15, 0.2) is 5.82 Å². The molecule has 0 bridgehead atoms. The van der Waals surface area contributed by atoms with Crippen molar-refractivity contribution in [1.29, 1.82) is 0 Å².